The lowest BCUT2D eigenvalue weighted by molar-refractivity contribution is -0.137. The van der Waals surface area contributed by atoms with Crippen molar-refractivity contribution in [1.82, 2.24) is 0 Å². The Morgan fingerprint density at radius 3 is 2.42 bits per heavy atom. The fourth-order valence-electron chi connectivity index (χ4n) is 1.19. The van der Waals surface area contributed by atoms with Crippen LogP contribution in [-0.2, 0) is 11.0 Å². The molecule has 0 aromatic heterocycles. The second-order valence-corrected chi connectivity index (χ2v) is 4.82. The lowest BCUT2D eigenvalue weighted by Crippen LogP contribution is -2.30. The topological polar surface area (TPSA) is 52.9 Å². The molecule has 1 aromatic carbocycles. The number of carbonyl (C=O) groups is 1. The molecule has 1 aromatic rings. The minimum Gasteiger partial charge on any atom is -0.324 e. The fourth-order valence-corrected chi connectivity index (χ4v) is 1.36. The van der Waals surface area contributed by atoms with Gasteiger partial charge in [0, 0.05) is 5.02 Å². The number of anilines is 1. The zero-order valence-corrected chi connectivity index (χ0v) is 10.9. The van der Waals surface area contributed by atoms with E-state index in [0.717, 1.165) is 12.1 Å². The summed E-state index contributed by atoms with van der Waals surface area (Å²) >= 11 is 5.51. The second kappa shape index (κ2) is 5.10. The smallest absolute Gasteiger partial charge is 0.324 e. The number of nitrogens with zero attached hydrogens (tertiary/aromatic N) is 1. The number of carbonyl (C=O) groups excluding carboxylic acids is 1. The minimum atomic E-state index is -4.65. The Bertz CT molecular complexity index is 547. The lowest BCUT2D eigenvalue weighted by atomic mass is 9.94. The van der Waals surface area contributed by atoms with Gasteiger partial charge < -0.3 is 5.32 Å². The molecule has 1 amide bonds. The van der Waals surface area contributed by atoms with Gasteiger partial charge in [-0.3, -0.25) is 4.79 Å². The van der Waals surface area contributed by atoms with Gasteiger partial charge in [0.25, 0.3) is 0 Å². The van der Waals surface area contributed by atoms with Crippen molar-refractivity contribution in [3.63, 3.8) is 0 Å². The molecule has 0 atom stereocenters. The highest BCUT2D eigenvalue weighted by Crippen LogP contribution is 2.37. The van der Waals surface area contributed by atoms with Gasteiger partial charge in [-0.15, -0.1) is 0 Å². The number of amides is 1. The number of nitriles is 1. The van der Waals surface area contributed by atoms with Gasteiger partial charge in [-0.05, 0) is 32.0 Å². The predicted molar refractivity (Wildman–Crippen MR) is 64.5 cm³/mol. The Balaban J connectivity index is 3.17. The van der Waals surface area contributed by atoms with Gasteiger partial charge in [0.05, 0.1) is 17.3 Å². The van der Waals surface area contributed by atoms with E-state index in [4.69, 9.17) is 16.9 Å². The summed E-state index contributed by atoms with van der Waals surface area (Å²) in [4.78, 5) is 11.7. The van der Waals surface area contributed by atoms with Crippen LogP contribution in [0.15, 0.2) is 18.2 Å². The summed E-state index contributed by atoms with van der Waals surface area (Å²) in [7, 11) is 0. The zero-order chi connectivity index (χ0) is 14.8. The normalized spacial score (nSPS) is 11.8. The van der Waals surface area contributed by atoms with Crippen LogP contribution in [0.3, 0.4) is 0 Å². The highest BCUT2D eigenvalue weighted by molar-refractivity contribution is 6.30. The van der Waals surface area contributed by atoms with Crippen molar-refractivity contribution in [2.45, 2.75) is 20.0 Å². The van der Waals surface area contributed by atoms with Gasteiger partial charge in [-0.2, -0.15) is 18.4 Å². The number of hydrogen-bond acceptors (Lipinski definition) is 2. The summed E-state index contributed by atoms with van der Waals surface area (Å²) in [5.41, 5.74) is -2.91. The monoisotopic (exact) mass is 290 g/mol. The number of hydrogen-bond donors (Lipinski definition) is 1. The second-order valence-electron chi connectivity index (χ2n) is 4.38. The fraction of sp³-hybridized carbons (Fsp3) is 0.333. The van der Waals surface area contributed by atoms with E-state index in [1.165, 1.54) is 19.9 Å². The van der Waals surface area contributed by atoms with Crippen LogP contribution >= 0.6 is 11.6 Å². The molecule has 0 bridgehead atoms. The molecule has 0 aliphatic rings. The number of alkyl halides is 3. The zero-order valence-electron chi connectivity index (χ0n) is 10.1. The summed E-state index contributed by atoms with van der Waals surface area (Å²) < 4.78 is 38.3. The molecule has 0 fully saturated rings. The molecule has 3 nitrogen and oxygen atoms in total. The van der Waals surface area contributed by atoms with Crippen molar-refractivity contribution >= 4 is 23.2 Å². The Labute approximate surface area is 113 Å². The highest BCUT2D eigenvalue weighted by atomic mass is 35.5. The van der Waals surface area contributed by atoms with Crippen LogP contribution in [0.2, 0.25) is 5.02 Å². The highest BCUT2D eigenvalue weighted by Gasteiger charge is 2.35. The first-order valence-corrected chi connectivity index (χ1v) is 5.55. The van der Waals surface area contributed by atoms with Gasteiger partial charge in [-0.1, -0.05) is 11.6 Å². The van der Waals surface area contributed by atoms with E-state index in [0.29, 0.717) is 0 Å². The van der Waals surface area contributed by atoms with Crippen LogP contribution in [0.5, 0.6) is 0 Å². The quantitative estimate of drug-likeness (QED) is 0.899. The summed E-state index contributed by atoms with van der Waals surface area (Å²) in [5.74, 6) is -0.817. The van der Waals surface area contributed by atoms with Crippen LogP contribution in [0.4, 0.5) is 18.9 Å². The van der Waals surface area contributed by atoms with Crippen LogP contribution in [-0.4, -0.2) is 5.91 Å². The van der Waals surface area contributed by atoms with E-state index in [1.807, 2.05) is 0 Å². The maximum absolute atomic E-state index is 12.8. The summed E-state index contributed by atoms with van der Waals surface area (Å²) in [6.07, 6.45) is -4.65. The third kappa shape index (κ3) is 3.61. The molecule has 0 aliphatic heterocycles. The predicted octanol–water partition coefficient (Wildman–Crippen LogP) is 3.85. The van der Waals surface area contributed by atoms with Gasteiger partial charge in [0.2, 0.25) is 5.91 Å². The summed E-state index contributed by atoms with van der Waals surface area (Å²) in [6.45, 7) is 2.62. The Kier molecular flexibility index (Phi) is 4.11. The number of nitrogens with one attached hydrogen (secondary N) is 1. The molecule has 0 unspecified atom stereocenters. The van der Waals surface area contributed by atoms with Crippen molar-refractivity contribution in [1.29, 1.82) is 5.26 Å². The summed E-state index contributed by atoms with van der Waals surface area (Å²) in [5, 5.41) is 10.8. The minimum absolute atomic E-state index is 0.0927. The molecule has 1 rings (SSSR count). The van der Waals surface area contributed by atoms with Gasteiger partial charge in [-0.25, -0.2) is 0 Å². The third-order valence-corrected chi connectivity index (χ3v) is 2.62. The van der Waals surface area contributed by atoms with E-state index in [9.17, 15) is 18.0 Å². The van der Waals surface area contributed by atoms with Crippen molar-refractivity contribution in [2.75, 3.05) is 5.32 Å². The first kappa shape index (κ1) is 15.3. The molecule has 0 saturated carbocycles. The maximum Gasteiger partial charge on any atom is 0.418 e. The van der Waals surface area contributed by atoms with Crippen molar-refractivity contribution < 1.29 is 18.0 Å². The molecule has 0 aliphatic carbocycles. The van der Waals surface area contributed by atoms with E-state index in [2.05, 4.69) is 5.32 Å². The van der Waals surface area contributed by atoms with E-state index in [-0.39, 0.29) is 5.02 Å². The van der Waals surface area contributed by atoms with Gasteiger partial charge in [0.15, 0.2) is 0 Å². The largest absolute Gasteiger partial charge is 0.418 e. The molecule has 102 valence electrons. The van der Waals surface area contributed by atoms with Crippen LogP contribution in [0.1, 0.15) is 19.4 Å². The Morgan fingerprint density at radius 1 is 1.37 bits per heavy atom. The number of benzene rings is 1. The Morgan fingerprint density at radius 2 is 1.95 bits per heavy atom. The third-order valence-electron chi connectivity index (χ3n) is 2.38. The molecule has 19 heavy (non-hydrogen) atoms. The average molecular weight is 291 g/mol. The first-order chi connectivity index (χ1) is 8.58. The van der Waals surface area contributed by atoms with Crippen LogP contribution in [0.25, 0.3) is 0 Å². The molecule has 0 saturated heterocycles. The molecule has 1 N–H and O–H groups in total. The van der Waals surface area contributed by atoms with Crippen molar-refractivity contribution in [3.05, 3.63) is 28.8 Å². The molecule has 0 spiro atoms. The van der Waals surface area contributed by atoms with E-state index < -0.39 is 28.7 Å². The Hall–Kier alpha value is -1.74. The van der Waals surface area contributed by atoms with Crippen molar-refractivity contribution in [3.8, 4) is 6.07 Å². The van der Waals surface area contributed by atoms with Crippen LogP contribution < -0.4 is 5.32 Å². The van der Waals surface area contributed by atoms with E-state index in [1.54, 1.807) is 6.07 Å². The maximum atomic E-state index is 12.8. The van der Waals surface area contributed by atoms with Crippen LogP contribution in [0, 0.1) is 16.7 Å². The lowest BCUT2D eigenvalue weighted by Gasteiger charge is -2.18. The standard InChI is InChI=1S/C12H10ClF3N2O/c1-11(2,6-17)10(19)18-9-4-3-7(13)5-8(9)12(14,15)16/h3-5H,1-2H3,(H,18,19). The van der Waals surface area contributed by atoms with Crippen molar-refractivity contribution in [2.24, 2.45) is 5.41 Å². The average Bonchev–Trinajstić information content (AvgIpc) is 2.30. The summed E-state index contributed by atoms with van der Waals surface area (Å²) in [6, 6.07) is 4.71. The number of rotatable bonds is 2. The molecule has 0 radical (unpaired) electrons. The number of halogens is 4. The van der Waals surface area contributed by atoms with E-state index >= 15 is 0 Å². The molecular weight excluding hydrogens is 281 g/mol. The van der Waals surface area contributed by atoms with Gasteiger partial charge in [0.1, 0.15) is 5.41 Å². The SMILES string of the molecule is CC(C)(C#N)C(=O)Nc1ccc(Cl)cc1C(F)(F)F. The molecular formula is C12H10ClF3N2O. The first-order valence-electron chi connectivity index (χ1n) is 5.17. The molecule has 0 heterocycles. The van der Waals surface area contributed by atoms with Gasteiger partial charge >= 0.3 is 6.18 Å². The molecule has 7 heteroatoms.